The van der Waals surface area contributed by atoms with Gasteiger partial charge in [0.05, 0.1) is 5.69 Å². The first-order valence-electron chi connectivity index (χ1n) is 6.22. The fourth-order valence-electron chi connectivity index (χ4n) is 1.76. The molecule has 0 fully saturated rings. The van der Waals surface area contributed by atoms with Gasteiger partial charge in [0.1, 0.15) is 10.9 Å². The Morgan fingerprint density at radius 1 is 1.21 bits per heavy atom. The Morgan fingerprint density at radius 2 is 1.84 bits per heavy atom. The van der Waals surface area contributed by atoms with E-state index in [0.29, 0.717) is 16.0 Å². The van der Waals surface area contributed by atoms with E-state index in [9.17, 15) is 0 Å². The van der Waals surface area contributed by atoms with Crippen LogP contribution >= 0.6 is 35.0 Å². The molecule has 0 saturated heterocycles. The van der Waals surface area contributed by atoms with Crippen molar-refractivity contribution in [2.45, 2.75) is 43.0 Å². The SMILES string of the molecule is CCc1nc(Sc2cc(Cl)cc(Cl)c2)c(C(C)C)[nH]1. The number of imidazole rings is 1. The molecule has 2 rings (SSSR count). The first-order chi connectivity index (χ1) is 8.99. The highest BCUT2D eigenvalue weighted by Gasteiger charge is 2.14. The van der Waals surface area contributed by atoms with Crippen molar-refractivity contribution < 1.29 is 0 Å². The van der Waals surface area contributed by atoms with Gasteiger partial charge in [-0.05, 0) is 24.1 Å². The van der Waals surface area contributed by atoms with Crippen molar-refractivity contribution in [2.24, 2.45) is 0 Å². The minimum atomic E-state index is 0.407. The second kappa shape index (κ2) is 6.21. The van der Waals surface area contributed by atoms with Crippen LogP contribution in [-0.4, -0.2) is 9.97 Å². The summed E-state index contributed by atoms with van der Waals surface area (Å²) in [7, 11) is 0. The molecular formula is C14H16Cl2N2S. The van der Waals surface area contributed by atoms with Gasteiger partial charge in [-0.25, -0.2) is 4.98 Å². The molecule has 0 saturated carbocycles. The smallest absolute Gasteiger partial charge is 0.122 e. The Bertz CT molecular complexity index is 559. The van der Waals surface area contributed by atoms with Gasteiger partial charge in [0.15, 0.2) is 0 Å². The van der Waals surface area contributed by atoms with E-state index >= 15 is 0 Å². The van der Waals surface area contributed by atoms with Crippen LogP contribution in [0.1, 0.15) is 38.2 Å². The fourth-order valence-corrected chi connectivity index (χ4v) is 3.56. The van der Waals surface area contributed by atoms with Gasteiger partial charge in [0.2, 0.25) is 0 Å². The molecule has 102 valence electrons. The van der Waals surface area contributed by atoms with Crippen LogP contribution in [0.5, 0.6) is 0 Å². The lowest BCUT2D eigenvalue weighted by molar-refractivity contribution is 0.802. The summed E-state index contributed by atoms with van der Waals surface area (Å²) in [5, 5.41) is 2.30. The number of hydrogen-bond acceptors (Lipinski definition) is 2. The first kappa shape index (κ1) is 14.8. The van der Waals surface area contributed by atoms with Gasteiger partial charge in [-0.15, -0.1) is 0 Å². The number of benzene rings is 1. The van der Waals surface area contributed by atoms with Crippen molar-refractivity contribution in [2.75, 3.05) is 0 Å². The number of nitrogens with one attached hydrogen (secondary N) is 1. The topological polar surface area (TPSA) is 28.7 Å². The lowest BCUT2D eigenvalue weighted by atomic mass is 10.2. The molecule has 0 unspecified atom stereocenters. The zero-order valence-electron chi connectivity index (χ0n) is 11.1. The van der Waals surface area contributed by atoms with Crippen molar-refractivity contribution in [3.63, 3.8) is 0 Å². The van der Waals surface area contributed by atoms with E-state index < -0.39 is 0 Å². The van der Waals surface area contributed by atoms with Crippen molar-refractivity contribution in [3.8, 4) is 0 Å². The second-order valence-corrected chi connectivity index (χ2v) is 6.55. The molecular weight excluding hydrogens is 299 g/mol. The number of aryl methyl sites for hydroxylation is 1. The standard InChI is InChI=1S/C14H16Cl2N2S/c1-4-12-17-13(8(2)3)14(18-12)19-11-6-9(15)5-10(16)7-11/h5-8H,4H2,1-3H3,(H,17,18). The van der Waals surface area contributed by atoms with E-state index in [-0.39, 0.29) is 0 Å². The van der Waals surface area contributed by atoms with Crippen LogP contribution in [0.15, 0.2) is 28.1 Å². The van der Waals surface area contributed by atoms with E-state index in [1.54, 1.807) is 17.8 Å². The van der Waals surface area contributed by atoms with Crippen molar-refractivity contribution >= 4 is 35.0 Å². The quantitative estimate of drug-likeness (QED) is 0.801. The molecule has 0 atom stereocenters. The Balaban J connectivity index is 2.34. The van der Waals surface area contributed by atoms with Crippen LogP contribution in [0.3, 0.4) is 0 Å². The van der Waals surface area contributed by atoms with E-state index in [1.807, 2.05) is 12.1 Å². The van der Waals surface area contributed by atoms with Gasteiger partial charge < -0.3 is 4.98 Å². The lowest BCUT2D eigenvalue weighted by Crippen LogP contribution is -1.90. The van der Waals surface area contributed by atoms with E-state index in [2.05, 4.69) is 30.7 Å². The third-order valence-electron chi connectivity index (χ3n) is 2.71. The molecule has 2 aromatic rings. The second-order valence-electron chi connectivity index (χ2n) is 4.62. The van der Waals surface area contributed by atoms with Crippen molar-refractivity contribution in [1.82, 2.24) is 9.97 Å². The minimum Gasteiger partial charge on any atom is -0.345 e. The number of H-pyrrole nitrogens is 1. The molecule has 0 aliphatic heterocycles. The molecule has 0 aliphatic rings. The largest absolute Gasteiger partial charge is 0.345 e. The third-order valence-corrected chi connectivity index (χ3v) is 4.12. The molecule has 5 heteroatoms. The summed E-state index contributed by atoms with van der Waals surface area (Å²) in [5.74, 6) is 1.42. The van der Waals surface area contributed by atoms with Gasteiger partial charge in [-0.1, -0.05) is 55.7 Å². The van der Waals surface area contributed by atoms with Crippen LogP contribution in [0.25, 0.3) is 0 Å². The maximum atomic E-state index is 6.03. The summed E-state index contributed by atoms with van der Waals surface area (Å²) in [6, 6.07) is 5.55. The molecule has 1 aromatic carbocycles. The predicted molar refractivity (Wildman–Crippen MR) is 82.6 cm³/mol. The normalized spacial score (nSPS) is 11.3. The maximum absolute atomic E-state index is 6.03. The average Bonchev–Trinajstić information content (AvgIpc) is 2.71. The molecule has 1 heterocycles. The number of hydrogen-bond donors (Lipinski definition) is 1. The zero-order chi connectivity index (χ0) is 14.0. The Hall–Kier alpha value is -0.640. The van der Waals surface area contributed by atoms with Gasteiger partial charge >= 0.3 is 0 Å². The molecule has 1 aromatic heterocycles. The van der Waals surface area contributed by atoms with Gasteiger partial charge in [0, 0.05) is 21.4 Å². The third kappa shape index (κ3) is 3.68. The van der Waals surface area contributed by atoms with Crippen molar-refractivity contribution in [1.29, 1.82) is 0 Å². The van der Waals surface area contributed by atoms with E-state index in [0.717, 1.165) is 27.9 Å². The molecule has 1 N–H and O–H groups in total. The number of aromatic amines is 1. The Labute approximate surface area is 127 Å². The molecule has 2 nitrogen and oxygen atoms in total. The van der Waals surface area contributed by atoms with E-state index in [1.165, 1.54) is 0 Å². The fraction of sp³-hybridized carbons (Fsp3) is 0.357. The minimum absolute atomic E-state index is 0.407. The molecule has 0 spiro atoms. The summed E-state index contributed by atoms with van der Waals surface area (Å²) < 4.78 is 0. The van der Waals surface area contributed by atoms with Crippen LogP contribution in [0.4, 0.5) is 0 Å². The lowest BCUT2D eigenvalue weighted by Gasteiger charge is -2.06. The van der Waals surface area contributed by atoms with Gasteiger partial charge in [-0.3, -0.25) is 0 Å². The summed E-state index contributed by atoms with van der Waals surface area (Å²) in [5.41, 5.74) is 1.16. The molecule has 0 bridgehead atoms. The number of aromatic nitrogens is 2. The zero-order valence-corrected chi connectivity index (χ0v) is 13.5. The first-order valence-corrected chi connectivity index (χ1v) is 7.79. The highest BCUT2D eigenvalue weighted by atomic mass is 35.5. The van der Waals surface area contributed by atoms with Crippen LogP contribution in [0.2, 0.25) is 10.0 Å². The van der Waals surface area contributed by atoms with Crippen LogP contribution < -0.4 is 0 Å². The van der Waals surface area contributed by atoms with Gasteiger partial charge in [0.25, 0.3) is 0 Å². The highest BCUT2D eigenvalue weighted by molar-refractivity contribution is 7.99. The predicted octanol–water partition coefficient (Wildman–Crippen LogP) is 5.55. The van der Waals surface area contributed by atoms with Crippen molar-refractivity contribution in [3.05, 3.63) is 39.8 Å². The Morgan fingerprint density at radius 3 is 2.37 bits per heavy atom. The highest BCUT2D eigenvalue weighted by Crippen LogP contribution is 2.35. The van der Waals surface area contributed by atoms with Crippen LogP contribution in [0, 0.1) is 0 Å². The monoisotopic (exact) mass is 314 g/mol. The molecule has 0 amide bonds. The summed E-state index contributed by atoms with van der Waals surface area (Å²) in [4.78, 5) is 9.02. The maximum Gasteiger partial charge on any atom is 0.122 e. The average molecular weight is 315 g/mol. The summed E-state index contributed by atoms with van der Waals surface area (Å²) >= 11 is 13.6. The number of rotatable bonds is 4. The molecule has 0 aliphatic carbocycles. The number of nitrogens with zero attached hydrogens (tertiary/aromatic N) is 1. The van der Waals surface area contributed by atoms with Crippen LogP contribution in [-0.2, 0) is 6.42 Å². The van der Waals surface area contributed by atoms with E-state index in [4.69, 9.17) is 23.2 Å². The van der Waals surface area contributed by atoms with Gasteiger partial charge in [-0.2, -0.15) is 0 Å². The summed E-state index contributed by atoms with van der Waals surface area (Å²) in [6.07, 6.45) is 0.899. The summed E-state index contributed by atoms with van der Waals surface area (Å²) in [6.45, 7) is 6.40. The molecule has 0 radical (unpaired) electrons. The molecule has 19 heavy (non-hydrogen) atoms. The number of halogens is 2. The Kier molecular flexibility index (Phi) is 4.82.